The number of hydrogen-bond acceptors (Lipinski definition) is 4. The van der Waals surface area contributed by atoms with E-state index in [-0.39, 0.29) is 11.7 Å². The molecule has 4 nitrogen and oxygen atoms in total. The van der Waals surface area contributed by atoms with Gasteiger partial charge in [-0.1, -0.05) is 13.8 Å². The molecule has 2 rings (SSSR count). The first-order valence-corrected chi connectivity index (χ1v) is 6.58. The van der Waals surface area contributed by atoms with Crippen molar-refractivity contribution < 1.29 is 9.50 Å². The van der Waals surface area contributed by atoms with E-state index in [0.29, 0.717) is 25.3 Å². The summed E-state index contributed by atoms with van der Waals surface area (Å²) in [7, 11) is 3.86. The van der Waals surface area contributed by atoms with E-state index in [0.717, 1.165) is 5.69 Å². The fourth-order valence-electron chi connectivity index (χ4n) is 2.57. The van der Waals surface area contributed by atoms with Crippen LogP contribution in [0.5, 0.6) is 0 Å². The predicted octanol–water partition coefficient (Wildman–Crippen LogP) is 1.46. The Morgan fingerprint density at radius 3 is 2.58 bits per heavy atom. The van der Waals surface area contributed by atoms with Crippen molar-refractivity contribution in [1.29, 1.82) is 0 Å². The van der Waals surface area contributed by atoms with Crippen molar-refractivity contribution in [2.75, 3.05) is 38.6 Å². The third kappa shape index (κ3) is 3.04. The first-order valence-electron chi connectivity index (χ1n) is 6.58. The molecule has 0 radical (unpaired) electrons. The molecular weight excluding hydrogens is 245 g/mol. The zero-order valence-electron chi connectivity index (χ0n) is 12.0. The summed E-state index contributed by atoms with van der Waals surface area (Å²) in [4.78, 5) is 8.09. The number of aliphatic hydroxyl groups is 1. The molecule has 1 N–H and O–H groups in total. The molecule has 0 atom stereocenters. The van der Waals surface area contributed by atoms with E-state index in [1.807, 2.05) is 37.7 Å². The fraction of sp³-hybridized carbons (Fsp3) is 0.643. The second kappa shape index (κ2) is 5.06. The van der Waals surface area contributed by atoms with Crippen LogP contribution in [0.15, 0.2) is 12.3 Å². The third-order valence-corrected chi connectivity index (χ3v) is 3.35. The minimum Gasteiger partial charge on any atom is -0.385 e. The summed E-state index contributed by atoms with van der Waals surface area (Å²) in [6, 6.07) is 1.51. The highest BCUT2D eigenvalue weighted by molar-refractivity contribution is 5.49. The number of anilines is 1. The third-order valence-electron chi connectivity index (χ3n) is 3.35. The maximum absolute atomic E-state index is 13.9. The summed E-state index contributed by atoms with van der Waals surface area (Å²) in [5.41, 5.74) is 0.537. The summed E-state index contributed by atoms with van der Waals surface area (Å²) in [5, 5.41) is 10.2. The van der Waals surface area contributed by atoms with Gasteiger partial charge in [0.25, 0.3) is 0 Å². The summed E-state index contributed by atoms with van der Waals surface area (Å²) in [6.07, 6.45) is 1.69. The van der Waals surface area contributed by atoms with Crippen molar-refractivity contribution in [2.45, 2.75) is 25.4 Å². The monoisotopic (exact) mass is 267 g/mol. The van der Waals surface area contributed by atoms with E-state index in [1.165, 1.54) is 6.07 Å². The van der Waals surface area contributed by atoms with E-state index >= 15 is 0 Å². The molecule has 1 aliphatic heterocycles. The van der Waals surface area contributed by atoms with E-state index in [4.69, 9.17) is 0 Å². The van der Waals surface area contributed by atoms with Crippen LogP contribution in [0, 0.1) is 5.82 Å². The average Bonchev–Trinajstić information content (AvgIpc) is 2.23. The lowest BCUT2D eigenvalue weighted by molar-refractivity contribution is -0.00917. The van der Waals surface area contributed by atoms with E-state index in [1.54, 1.807) is 6.20 Å². The van der Waals surface area contributed by atoms with Gasteiger partial charge in [0.2, 0.25) is 0 Å². The van der Waals surface area contributed by atoms with Crippen LogP contribution >= 0.6 is 0 Å². The van der Waals surface area contributed by atoms with Crippen LogP contribution in [-0.2, 0) is 0 Å². The Morgan fingerprint density at radius 2 is 2.11 bits per heavy atom. The maximum Gasteiger partial charge on any atom is 0.147 e. The molecule has 19 heavy (non-hydrogen) atoms. The lowest BCUT2D eigenvalue weighted by Gasteiger charge is -2.48. The Balaban J connectivity index is 2.04. The van der Waals surface area contributed by atoms with Gasteiger partial charge in [-0.15, -0.1) is 0 Å². The Bertz CT molecular complexity index is 456. The first-order chi connectivity index (χ1) is 8.81. The minimum atomic E-state index is -0.698. The van der Waals surface area contributed by atoms with E-state index < -0.39 is 5.60 Å². The van der Waals surface area contributed by atoms with E-state index in [2.05, 4.69) is 4.98 Å². The topological polar surface area (TPSA) is 39.6 Å². The van der Waals surface area contributed by atoms with Gasteiger partial charge in [-0.3, -0.25) is 4.98 Å². The molecule has 5 heteroatoms. The SMILES string of the molecule is CC(C)c1ncc(N2CC(O)(CN(C)C)C2)cc1F. The number of rotatable bonds is 4. The number of likely N-dealkylation sites (N-methyl/N-ethyl adjacent to an activating group) is 1. The van der Waals surface area contributed by atoms with Gasteiger partial charge in [0.1, 0.15) is 11.4 Å². The highest BCUT2D eigenvalue weighted by Gasteiger charge is 2.41. The normalized spacial score (nSPS) is 18.0. The van der Waals surface area contributed by atoms with Gasteiger partial charge in [0.15, 0.2) is 0 Å². The van der Waals surface area contributed by atoms with Gasteiger partial charge in [-0.2, -0.15) is 0 Å². The van der Waals surface area contributed by atoms with Crippen LogP contribution in [0.25, 0.3) is 0 Å². The van der Waals surface area contributed by atoms with Crippen LogP contribution in [-0.4, -0.2) is 54.3 Å². The van der Waals surface area contributed by atoms with Gasteiger partial charge in [-0.05, 0) is 20.0 Å². The summed E-state index contributed by atoms with van der Waals surface area (Å²) >= 11 is 0. The van der Waals surface area contributed by atoms with Gasteiger partial charge in [0.05, 0.1) is 17.6 Å². The second-order valence-electron chi connectivity index (χ2n) is 6.03. The smallest absolute Gasteiger partial charge is 0.147 e. The summed E-state index contributed by atoms with van der Waals surface area (Å²) in [5.74, 6) is -0.188. The molecule has 0 bridgehead atoms. The highest BCUT2D eigenvalue weighted by Crippen LogP contribution is 2.29. The van der Waals surface area contributed by atoms with Gasteiger partial charge in [-0.25, -0.2) is 4.39 Å². The number of halogens is 1. The number of pyridine rings is 1. The van der Waals surface area contributed by atoms with Crippen LogP contribution < -0.4 is 4.90 Å². The lowest BCUT2D eigenvalue weighted by atomic mass is 9.93. The second-order valence-corrected chi connectivity index (χ2v) is 6.03. The zero-order valence-corrected chi connectivity index (χ0v) is 12.0. The quantitative estimate of drug-likeness (QED) is 0.896. The molecule has 0 spiro atoms. The first kappa shape index (κ1) is 14.2. The van der Waals surface area contributed by atoms with Crippen LogP contribution in [0.4, 0.5) is 10.1 Å². The molecule has 0 aromatic carbocycles. The van der Waals surface area contributed by atoms with Crippen molar-refractivity contribution in [2.24, 2.45) is 0 Å². The molecule has 1 aliphatic rings. The number of nitrogens with zero attached hydrogens (tertiary/aromatic N) is 3. The molecule has 1 saturated heterocycles. The number of β-amino-alcohol motifs (C(OH)–C–C–N with tert-alkyl or cyclic N) is 1. The number of hydrogen-bond donors (Lipinski definition) is 1. The van der Waals surface area contributed by atoms with Crippen molar-refractivity contribution in [3.05, 3.63) is 23.8 Å². The Morgan fingerprint density at radius 1 is 1.47 bits per heavy atom. The van der Waals surface area contributed by atoms with Gasteiger partial charge < -0.3 is 14.9 Å². The molecular formula is C14H22FN3O. The lowest BCUT2D eigenvalue weighted by Crippen LogP contribution is -2.66. The molecule has 0 aliphatic carbocycles. The van der Waals surface area contributed by atoms with Gasteiger partial charge in [0, 0.05) is 25.7 Å². The summed E-state index contributed by atoms with van der Waals surface area (Å²) in [6.45, 7) is 5.50. The van der Waals surface area contributed by atoms with E-state index in [9.17, 15) is 9.50 Å². The average molecular weight is 267 g/mol. The predicted molar refractivity (Wildman–Crippen MR) is 74.0 cm³/mol. The Hall–Kier alpha value is -1.20. The molecule has 1 fully saturated rings. The molecule has 0 unspecified atom stereocenters. The van der Waals surface area contributed by atoms with Crippen LogP contribution in [0.3, 0.4) is 0 Å². The molecule has 0 saturated carbocycles. The van der Waals surface area contributed by atoms with Crippen molar-refractivity contribution in [3.8, 4) is 0 Å². The zero-order chi connectivity index (χ0) is 14.2. The summed E-state index contributed by atoms with van der Waals surface area (Å²) < 4.78 is 13.9. The van der Waals surface area contributed by atoms with Gasteiger partial charge >= 0.3 is 0 Å². The molecule has 1 aromatic heterocycles. The Kier molecular flexibility index (Phi) is 3.78. The number of aromatic nitrogens is 1. The molecule has 106 valence electrons. The highest BCUT2D eigenvalue weighted by atomic mass is 19.1. The molecule has 1 aromatic rings. The Labute approximate surface area is 113 Å². The van der Waals surface area contributed by atoms with Crippen molar-refractivity contribution in [3.63, 3.8) is 0 Å². The van der Waals surface area contributed by atoms with Crippen LogP contribution in [0.2, 0.25) is 0 Å². The minimum absolute atomic E-state index is 0.0797. The molecule has 2 heterocycles. The maximum atomic E-state index is 13.9. The largest absolute Gasteiger partial charge is 0.385 e. The van der Waals surface area contributed by atoms with Crippen molar-refractivity contribution >= 4 is 5.69 Å². The van der Waals surface area contributed by atoms with Crippen LogP contribution in [0.1, 0.15) is 25.5 Å². The fourth-order valence-corrected chi connectivity index (χ4v) is 2.57. The molecule has 0 amide bonds. The van der Waals surface area contributed by atoms with Crippen molar-refractivity contribution in [1.82, 2.24) is 9.88 Å². The standard InChI is InChI=1S/C14H22FN3O/c1-10(2)13-12(15)5-11(6-16-13)18-8-14(19,9-18)7-17(3)4/h5-6,10,19H,7-9H2,1-4H3.